The van der Waals surface area contributed by atoms with Gasteiger partial charge in [0.05, 0.1) is 31.4 Å². The van der Waals surface area contributed by atoms with Crippen molar-refractivity contribution in [2.24, 2.45) is 0 Å². The molecular formula is C33H37NO6. The van der Waals surface area contributed by atoms with Crippen LogP contribution in [0.15, 0.2) is 66.2 Å². The van der Waals surface area contributed by atoms with Gasteiger partial charge in [-0.3, -0.25) is 14.5 Å². The molecule has 1 N–H and O–H groups in total. The van der Waals surface area contributed by atoms with Gasteiger partial charge in [-0.05, 0) is 98.8 Å². The predicted molar refractivity (Wildman–Crippen MR) is 156 cm³/mol. The van der Waals surface area contributed by atoms with Crippen LogP contribution in [-0.4, -0.2) is 36.6 Å². The number of Topliss-reactive ketones (excluding diaryl/α,β-unsaturated/α-hetero) is 1. The summed E-state index contributed by atoms with van der Waals surface area (Å²) in [6.45, 7) is 12.2. The summed E-state index contributed by atoms with van der Waals surface area (Å²) in [5.74, 6) is 0.456. The summed E-state index contributed by atoms with van der Waals surface area (Å²) in [6, 6.07) is 17.1. The van der Waals surface area contributed by atoms with E-state index in [-0.39, 0.29) is 23.4 Å². The topological polar surface area (TPSA) is 85.3 Å². The summed E-state index contributed by atoms with van der Waals surface area (Å²) in [4.78, 5) is 28.6. The Morgan fingerprint density at radius 1 is 0.950 bits per heavy atom. The van der Waals surface area contributed by atoms with Crippen molar-refractivity contribution in [1.82, 2.24) is 0 Å². The molecule has 0 spiro atoms. The van der Waals surface area contributed by atoms with Crippen molar-refractivity contribution in [1.29, 1.82) is 0 Å². The Morgan fingerprint density at radius 3 is 2.12 bits per heavy atom. The molecule has 7 heteroatoms. The molecule has 1 amide bonds. The number of ether oxygens (including phenoxy) is 3. The normalized spacial score (nSPS) is 16.6. The molecule has 1 unspecified atom stereocenters. The van der Waals surface area contributed by atoms with Gasteiger partial charge in [0.2, 0.25) is 0 Å². The maximum Gasteiger partial charge on any atom is 0.300 e. The molecule has 1 aliphatic rings. The summed E-state index contributed by atoms with van der Waals surface area (Å²) in [5, 5.41) is 11.7. The number of aryl methyl sites for hydroxylation is 1. The van der Waals surface area contributed by atoms with E-state index in [1.54, 1.807) is 31.4 Å². The van der Waals surface area contributed by atoms with Crippen LogP contribution >= 0.6 is 0 Å². The van der Waals surface area contributed by atoms with Crippen molar-refractivity contribution in [2.45, 2.75) is 59.6 Å². The number of nitrogens with zero attached hydrogens (tertiary/aromatic N) is 1. The van der Waals surface area contributed by atoms with E-state index in [1.165, 1.54) is 4.90 Å². The van der Waals surface area contributed by atoms with E-state index < -0.39 is 17.7 Å². The molecule has 4 rings (SSSR count). The van der Waals surface area contributed by atoms with Crippen molar-refractivity contribution < 1.29 is 28.9 Å². The fraction of sp³-hybridized carbons (Fsp3) is 0.333. The molecule has 3 aromatic carbocycles. The smallest absolute Gasteiger partial charge is 0.300 e. The van der Waals surface area contributed by atoms with Crippen molar-refractivity contribution >= 4 is 23.1 Å². The number of anilines is 1. The Bertz CT molecular complexity index is 1420. The lowest BCUT2D eigenvalue weighted by atomic mass is 9.91. The molecule has 7 nitrogen and oxygen atoms in total. The number of ketones is 1. The van der Waals surface area contributed by atoms with E-state index in [0.29, 0.717) is 40.7 Å². The molecule has 1 saturated heterocycles. The van der Waals surface area contributed by atoms with Gasteiger partial charge >= 0.3 is 0 Å². The summed E-state index contributed by atoms with van der Waals surface area (Å²) < 4.78 is 16.9. The highest BCUT2D eigenvalue weighted by Gasteiger charge is 2.47. The zero-order chi connectivity index (χ0) is 29.1. The zero-order valence-corrected chi connectivity index (χ0v) is 24.1. The van der Waals surface area contributed by atoms with Crippen molar-refractivity contribution in [3.05, 3.63) is 88.5 Å². The molecule has 0 aromatic heterocycles. The second-order valence-corrected chi connectivity index (χ2v) is 10.4. The quantitative estimate of drug-likeness (QED) is 0.179. The summed E-state index contributed by atoms with van der Waals surface area (Å²) in [7, 11) is 1.61. The van der Waals surface area contributed by atoms with Crippen LogP contribution in [0.1, 0.15) is 68.8 Å². The van der Waals surface area contributed by atoms with Gasteiger partial charge in [0, 0.05) is 11.3 Å². The molecule has 1 atom stereocenters. The standard InChI is InChI=1S/C33H37NO6/c1-8-39-24-15-11-23(12-16-24)34-30(22-9-13-25(14-10-22)40-20(4)5)29(32(36)33(34)37)31(35)27-18-26(19(2)3)28(38-7)17-21(27)6/h9-20,30,35H,8H2,1-7H3/b31-29+. The summed E-state index contributed by atoms with van der Waals surface area (Å²) in [5.41, 5.74) is 3.32. The first-order valence-electron chi connectivity index (χ1n) is 13.6. The van der Waals surface area contributed by atoms with Crippen LogP contribution in [0.2, 0.25) is 0 Å². The first kappa shape index (κ1) is 28.7. The van der Waals surface area contributed by atoms with Gasteiger partial charge in [-0.25, -0.2) is 0 Å². The van der Waals surface area contributed by atoms with Crippen LogP contribution in [-0.2, 0) is 9.59 Å². The highest BCUT2D eigenvalue weighted by molar-refractivity contribution is 6.51. The van der Waals surface area contributed by atoms with E-state index in [1.807, 2.05) is 77.9 Å². The number of carbonyl (C=O) groups is 2. The highest BCUT2D eigenvalue weighted by Crippen LogP contribution is 2.44. The highest BCUT2D eigenvalue weighted by atomic mass is 16.5. The molecule has 210 valence electrons. The Morgan fingerprint density at radius 2 is 1.57 bits per heavy atom. The average molecular weight is 544 g/mol. The zero-order valence-electron chi connectivity index (χ0n) is 24.1. The fourth-order valence-corrected chi connectivity index (χ4v) is 5.01. The summed E-state index contributed by atoms with van der Waals surface area (Å²) >= 11 is 0. The van der Waals surface area contributed by atoms with Gasteiger partial charge in [0.1, 0.15) is 23.0 Å². The third-order valence-corrected chi connectivity index (χ3v) is 6.89. The molecule has 0 saturated carbocycles. The molecular weight excluding hydrogens is 506 g/mol. The minimum absolute atomic E-state index is 0.00598. The van der Waals surface area contributed by atoms with E-state index in [4.69, 9.17) is 14.2 Å². The number of hydrogen-bond donors (Lipinski definition) is 1. The van der Waals surface area contributed by atoms with E-state index in [0.717, 1.165) is 11.1 Å². The average Bonchev–Trinajstić information content (AvgIpc) is 3.18. The second-order valence-electron chi connectivity index (χ2n) is 10.4. The molecule has 1 heterocycles. The van der Waals surface area contributed by atoms with E-state index in [9.17, 15) is 14.7 Å². The maximum absolute atomic E-state index is 13.6. The van der Waals surface area contributed by atoms with Crippen LogP contribution in [0.25, 0.3) is 5.76 Å². The lowest BCUT2D eigenvalue weighted by molar-refractivity contribution is -0.132. The lowest BCUT2D eigenvalue weighted by Crippen LogP contribution is -2.29. The number of aliphatic hydroxyl groups excluding tert-OH is 1. The van der Waals surface area contributed by atoms with Gasteiger partial charge < -0.3 is 19.3 Å². The fourth-order valence-electron chi connectivity index (χ4n) is 5.01. The molecule has 0 aliphatic carbocycles. The van der Waals surface area contributed by atoms with Crippen LogP contribution in [0.5, 0.6) is 17.2 Å². The third kappa shape index (κ3) is 5.55. The maximum atomic E-state index is 13.6. The molecule has 0 radical (unpaired) electrons. The van der Waals surface area contributed by atoms with Gasteiger partial charge in [-0.1, -0.05) is 26.0 Å². The van der Waals surface area contributed by atoms with Crippen LogP contribution in [0.4, 0.5) is 5.69 Å². The Labute approximate surface area is 236 Å². The minimum atomic E-state index is -0.852. The van der Waals surface area contributed by atoms with Crippen LogP contribution in [0.3, 0.4) is 0 Å². The van der Waals surface area contributed by atoms with E-state index in [2.05, 4.69) is 0 Å². The lowest BCUT2D eigenvalue weighted by Gasteiger charge is -2.26. The number of benzene rings is 3. The predicted octanol–water partition coefficient (Wildman–Crippen LogP) is 6.94. The molecule has 40 heavy (non-hydrogen) atoms. The SMILES string of the molecule is CCOc1ccc(N2C(=O)C(=O)/C(=C(/O)c3cc(C(C)C)c(OC)cc3C)C2c2ccc(OC(C)C)cc2)cc1. The molecule has 1 aliphatic heterocycles. The van der Waals surface area contributed by atoms with E-state index >= 15 is 0 Å². The van der Waals surface area contributed by atoms with Crippen LogP contribution < -0.4 is 19.1 Å². The number of hydrogen-bond acceptors (Lipinski definition) is 6. The summed E-state index contributed by atoms with van der Waals surface area (Å²) in [6.07, 6.45) is -0.00598. The molecule has 0 bridgehead atoms. The third-order valence-electron chi connectivity index (χ3n) is 6.89. The number of amides is 1. The van der Waals surface area contributed by atoms with Gasteiger partial charge in [-0.15, -0.1) is 0 Å². The van der Waals surface area contributed by atoms with Crippen molar-refractivity contribution in [3.8, 4) is 17.2 Å². The number of aliphatic hydroxyl groups is 1. The molecule has 1 fully saturated rings. The Kier molecular flexibility index (Phi) is 8.52. The van der Waals surface area contributed by atoms with Gasteiger partial charge in [0.15, 0.2) is 0 Å². The van der Waals surface area contributed by atoms with Gasteiger partial charge in [-0.2, -0.15) is 0 Å². The number of methoxy groups -OCH3 is 1. The monoisotopic (exact) mass is 543 g/mol. The largest absolute Gasteiger partial charge is 0.507 e. The second kappa shape index (κ2) is 11.9. The van der Waals surface area contributed by atoms with Gasteiger partial charge in [0.25, 0.3) is 11.7 Å². The first-order valence-corrected chi connectivity index (χ1v) is 13.6. The van der Waals surface area contributed by atoms with Crippen LogP contribution in [0, 0.1) is 6.92 Å². The van der Waals surface area contributed by atoms with Crippen molar-refractivity contribution in [2.75, 3.05) is 18.6 Å². The minimum Gasteiger partial charge on any atom is -0.507 e. The number of carbonyl (C=O) groups excluding carboxylic acids is 2. The Hall–Kier alpha value is -4.26. The molecule has 3 aromatic rings. The Balaban J connectivity index is 1.92. The first-order chi connectivity index (χ1) is 19.1. The van der Waals surface area contributed by atoms with Crippen molar-refractivity contribution in [3.63, 3.8) is 0 Å². The number of rotatable bonds is 9.